The molecule has 1 heterocycles. The van der Waals surface area contributed by atoms with Gasteiger partial charge in [0.1, 0.15) is 0 Å². The number of nitrogens with zero attached hydrogens (tertiary/aromatic N) is 1. The van der Waals surface area contributed by atoms with Gasteiger partial charge in [-0.2, -0.15) is 0 Å². The number of rotatable bonds is 0. The lowest BCUT2D eigenvalue weighted by atomic mass is 9.69. The molecule has 0 radical (unpaired) electrons. The van der Waals surface area contributed by atoms with Gasteiger partial charge in [-0.3, -0.25) is 0 Å². The van der Waals surface area contributed by atoms with Crippen molar-refractivity contribution in [3.8, 4) is 0 Å². The van der Waals surface area contributed by atoms with Crippen molar-refractivity contribution in [2.45, 2.75) is 44.1 Å². The second-order valence-electron chi connectivity index (χ2n) is 5.31. The van der Waals surface area contributed by atoms with Crippen LogP contribution < -0.4 is 4.90 Å². The van der Waals surface area contributed by atoms with E-state index in [2.05, 4.69) is 43.1 Å². The average Bonchev–Trinajstić information content (AvgIpc) is 2.50. The number of likely N-dealkylation sites (N-methyl/N-ethyl adjacent to an activating group) is 1. The maximum atomic E-state index is 2.51. The first-order valence-corrected chi connectivity index (χ1v) is 6.06. The maximum Gasteiger partial charge on any atom is 0.0405 e. The summed E-state index contributed by atoms with van der Waals surface area (Å²) < 4.78 is 0. The van der Waals surface area contributed by atoms with Crippen LogP contribution in [0.2, 0.25) is 0 Å². The number of para-hydroxylation sites is 1. The third-order valence-corrected chi connectivity index (χ3v) is 4.53. The third-order valence-electron chi connectivity index (χ3n) is 4.53. The first-order valence-electron chi connectivity index (χ1n) is 6.06. The van der Waals surface area contributed by atoms with Crippen LogP contribution in [0.1, 0.15) is 38.2 Å². The molecule has 1 aliphatic carbocycles. The summed E-state index contributed by atoms with van der Waals surface area (Å²) in [6, 6.07) is 9.70. The van der Waals surface area contributed by atoms with Crippen molar-refractivity contribution >= 4 is 5.69 Å². The van der Waals surface area contributed by atoms with Gasteiger partial charge in [-0.25, -0.2) is 0 Å². The first kappa shape index (κ1) is 9.26. The van der Waals surface area contributed by atoms with Crippen molar-refractivity contribution in [2.24, 2.45) is 0 Å². The summed E-state index contributed by atoms with van der Waals surface area (Å²) in [5.74, 6) is 0. The van der Waals surface area contributed by atoms with Crippen LogP contribution in [0.3, 0.4) is 0 Å². The zero-order valence-corrected chi connectivity index (χ0v) is 9.66. The highest BCUT2D eigenvalue weighted by atomic mass is 15.2. The van der Waals surface area contributed by atoms with Crippen molar-refractivity contribution in [1.29, 1.82) is 0 Å². The van der Waals surface area contributed by atoms with Crippen LogP contribution >= 0.6 is 0 Å². The molecule has 3 rings (SSSR count). The summed E-state index contributed by atoms with van der Waals surface area (Å²) in [4.78, 5) is 2.51. The Morgan fingerprint density at radius 3 is 2.93 bits per heavy atom. The molecule has 2 atom stereocenters. The molecule has 0 bridgehead atoms. The van der Waals surface area contributed by atoms with Crippen LogP contribution in [-0.4, -0.2) is 13.1 Å². The molecule has 15 heavy (non-hydrogen) atoms. The van der Waals surface area contributed by atoms with Crippen LogP contribution in [-0.2, 0) is 5.41 Å². The molecule has 0 spiro atoms. The van der Waals surface area contributed by atoms with Gasteiger partial charge >= 0.3 is 0 Å². The van der Waals surface area contributed by atoms with Gasteiger partial charge in [-0.1, -0.05) is 38.0 Å². The molecule has 80 valence electrons. The highest BCUT2D eigenvalue weighted by Gasteiger charge is 2.46. The molecule has 0 amide bonds. The van der Waals surface area contributed by atoms with Crippen molar-refractivity contribution in [3.05, 3.63) is 29.8 Å². The minimum absolute atomic E-state index is 0.420. The molecule has 2 aliphatic rings. The van der Waals surface area contributed by atoms with Crippen LogP contribution in [0.15, 0.2) is 24.3 Å². The van der Waals surface area contributed by atoms with E-state index >= 15 is 0 Å². The zero-order chi connectivity index (χ0) is 10.5. The Balaban J connectivity index is 2.15. The molecule has 1 nitrogen and oxygen atoms in total. The largest absolute Gasteiger partial charge is 0.370 e. The van der Waals surface area contributed by atoms with E-state index in [-0.39, 0.29) is 0 Å². The van der Waals surface area contributed by atoms with E-state index < -0.39 is 0 Å². The van der Waals surface area contributed by atoms with E-state index in [1.807, 2.05) is 0 Å². The van der Waals surface area contributed by atoms with Crippen molar-refractivity contribution in [1.82, 2.24) is 0 Å². The number of fused-ring (bicyclic) bond motifs is 3. The fourth-order valence-electron chi connectivity index (χ4n) is 3.68. The van der Waals surface area contributed by atoms with Crippen molar-refractivity contribution in [3.63, 3.8) is 0 Å². The van der Waals surface area contributed by atoms with Crippen LogP contribution in [0.4, 0.5) is 5.69 Å². The zero-order valence-electron chi connectivity index (χ0n) is 9.66. The lowest BCUT2D eigenvalue weighted by Gasteiger charge is -2.39. The quantitative estimate of drug-likeness (QED) is 0.622. The summed E-state index contributed by atoms with van der Waals surface area (Å²) in [6.45, 7) is 2.46. The molecule has 1 aliphatic heterocycles. The van der Waals surface area contributed by atoms with E-state index in [1.54, 1.807) is 5.56 Å². The predicted molar refractivity (Wildman–Crippen MR) is 64.5 cm³/mol. The van der Waals surface area contributed by atoms with Crippen LogP contribution in [0, 0.1) is 0 Å². The monoisotopic (exact) mass is 201 g/mol. The Bertz CT molecular complexity index is 385. The van der Waals surface area contributed by atoms with Gasteiger partial charge in [-0.05, 0) is 24.5 Å². The highest BCUT2D eigenvalue weighted by Crippen LogP contribution is 2.50. The molecular formula is C14H19N. The number of hydrogen-bond donors (Lipinski definition) is 0. The fourth-order valence-corrected chi connectivity index (χ4v) is 3.68. The van der Waals surface area contributed by atoms with Crippen LogP contribution in [0.25, 0.3) is 0 Å². The van der Waals surface area contributed by atoms with Gasteiger partial charge < -0.3 is 4.90 Å². The van der Waals surface area contributed by atoms with E-state index in [0.29, 0.717) is 5.41 Å². The normalized spacial score (nSPS) is 33.7. The molecule has 0 saturated heterocycles. The average molecular weight is 201 g/mol. The number of hydrogen-bond acceptors (Lipinski definition) is 1. The Morgan fingerprint density at radius 1 is 1.27 bits per heavy atom. The Hall–Kier alpha value is -0.980. The second-order valence-corrected chi connectivity index (χ2v) is 5.31. The summed E-state index contributed by atoms with van der Waals surface area (Å²) in [5.41, 5.74) is 3.47. The van der Waals surface area contributed by atoms with Gasteiger partial charge in [-0.15, -0.1) is 0 Å². The van der Waals surface area contributed by atoms with Crippen molar-refractivity contribution in [2.75, 3.05) is 11.9 Å². The molecule has 1 saturated carbocycles. The first-order chi connectivity index (χ1) is 7.23. The van der Waals surface area contributed by atoms with E-state index in [9.17, 15) is 0 Å². The Kier molecular flexibility index (Phi) is 1.86. The SMILES string of the molecule is CN1c2ccccc2[C@@]2(C)CCCCC12. The standard InChI is InChI=1S/C14H19N/c1-14-10-6-5-9-13(14)15(2)12-8-4-3-7-11(12)14/h3-4,7-8,13H,5-6,9-10H2,1-2H3/t13?,14-/m1/s1. The van der Waals surface area contributed by atoms with Gasteiger partial charge in [0, 0.05) is 24.2 Å². The van der Waals surface area contributed by atoms with Crippen molar-refractivity contribution < 1.29 is 0 Å². The van der Waals surface area contributed by atoms with Gasteiger partial charge in [0.15, 0.2) is 0 Å². The maximum absolute atomic E-state index is 2.51. The summed E-state index contributed by atoms with van der Waals surface area (Å²) in [5, 5.41) is 0. The molecule has 1 unspecified atom stereocenters. The van der Waals surface area contributed by atoms with Gasteiger partial charge in [0.25, 0.3) is 0 Å². The molecule has 1 heteroatoms. The second kappa shape index (κ2) is 3.01. The summed E-state index contributed by atoms with van der Waals surface area (Å²) in [6.07, 6.45) is 5.52. The minimum Gasteiger partial charge on any atom is -0.370 e. The fraction of sp³-hybridized carbons (Fsp3) is 0.571. The topological polar surface area (TPSA) is 3.24 Å². The highest BCUT2D eigenvalue weighted by molar-refractivity contribution is 5.63. The Morgan fingerprint density at radius 2 is 2.07 bits per heavy atom. The van der Waals surface area contributed by atoms with Gasteiger partial charge in [0.05, 0.1) is 0 Å². The summed E-state index contributed by atoms with van der Waals surface area (Å²) in [7, 11) is 2.26. The third kappa shape index (κ3) is 1.09. The molecule has 1 aromatic carbocycles. The number of anilines is 1. The van der Waals surface area contributed by atoms with Gasteiger partial charge in [0.2, 0.25) is 0 Å². The van der Waals surface area contributed by atoms with E-state index in [1.165, 1.54) is 31.4 Å². The molecule has 0 N–H and O–H groups in total. The molecule has 0 aromatic heterocycles. The van der Waals surface area contributed by atoms with E-state index in [0.717, 1.165) is 6.04 Å². The lowest BCUT2D eigenvalue weighted by Crippen LogP contribution is -2.43. The molecule has 1 fully saturated rings. The summed E-state index contributed by atoms with van der Waals surface area (Å²) >= 11 is 0. The predicted octanol–water partition coefficient (Wildman–Crippen LogP) is 3.34. The smallest absolute Gasteiger partial charge is 0.0405 e. The molecule has 1 aromatic rings. The molecular weight excluding hydrogens is 182 g/mol. The van der Waals surface area contributed by atoms with Crippen LogP contribution in [0.5, 0.6) is 0 Å². The number of benzene rings is 1. The lowest BCUT2D eigenvalue weighted by molar-refractivity contribution is 0.285. The van der Waals surface area contributed by atoms with E-state index in [4.69, 9.17) is 0 Å². The minimum atomic E-state index is 0.420. The Labute approximate surface area is 92.1 Å².